The topological polar surface area (TPSA) is 85.5 Å². The largest absolute Gasteiger partial charge is 0.466 e. The lowest BCUT2D eigenvalue weighted by Gasteiger charge is -2.05. The van der Waals surface area contributed by atoms with E-state index in [2.05, 4.69) is 4.98 Å². The summed E-state index contributed by atoms with van der Waals surface area (Å²) in [6.45, 7) is 5.71. The first kappa shape index (κ1) is 15.9. The second-order valence-electron chi connectivity index (χ2n) is 4.16. The normalized spacial score (nSPS) is 10.2. The van der Waals surface area contributed by atoms with Crippen LogP contribution in [0.5, 0.6) is 0 Å². The van der Waals surface area contributed by atoms with Gasteiger partial charge in [-0.3, -0.25) is 9.59 Å². The Morgan fingerprint density at radius 1 is 1.20 bits per heavy atom. The van der Waals surface area contributed by atoms with Gasteiger partial charge in [0.1, 0.15) is 5.69 Å². The van der Waals surface area contributed by atoms with E-state index in [1.54, 1.807) is 20.8 Å². The monoisotopic (exact) mass is 281 g/mol. The molecule has 0 unspecified atom stereocenters. The average molecular weight is 281 g/mol. The molecule has 0 atom stereocenters. The third-order valence-corrected chi connectivity index (χ3v) is 2.90. The van der Waals surface area contributed by atoms with Crippen molar-refractivity contribution in [3.63, 3.8) is 0 Å². The minimum absolute atomic E-state index is 0.150. The van der Waals surface area contributed by atoms with Crippen molar-refractivity contribution in [1.29, 1.82) is 0 Å². The second-order valence-corrected chi connectivity index (χ2v) is 4.16. The molecule has 0 aromatic carbocycles. The number of carbonyl (C=O) groups excluding carboxylic acids is 3. The van der Waals surface area contributed by atoms with E-state index in [4.69, 9.17) is 9.47 Å². The number of hydrogen-bond acceptors (Lipinski definition) is 5. The highest BCUT2D eigenvalue weighted by Crippen LogP contribution is 2.20. The first-order valence-corrected chi connectivity index (χ1v) is 6.54. The van der Waals surface area contributed by atoms with Crippen LogP contribution in [0.15, 0.2) is 0 Å². The first-order valence-electron chi connectivity index (χ1n) is 6.54. The molecule has 0 aliphatic rings. The van der Waals surface area contributed by atoms with Crippen LogP contribution in [-0.2, 0) is 20.7 Å². The van der Waals surface area contributed by atoms with Crippen molar-refractivity contribution in [2.24, 2.45) is 0 Å². The lowest BCUT2D eigenvalue weighted by molar-refractivity contribution is -0.143. The van der Waals surface area contributed by atoms with Crippen LogP contribution >= 0.6 is 0 Å². The van der Waals surface area contributed by atoms with Gasteiger partial charge in [-0.25, -0.2) is 4.79 Å². The number of aromatic amines is 1. The van der Waals surface area contributed by atoms with Gasteiger partial charge in [-0.1, -0.05) is 0 Å². The fourth-order valence-electron chi connectivity index (χ4n) is 1.92. The molecule has 1 N–H and O–H groups in total. The van der Waals surface area contributed by atoms with Crippen molar-refractivity contribution in [3.8, 4) is 0 Å². The molecule has 1 aromatic rings. The molecule has 110 valence electrons. The fourth-order valence-corrected chi connectivity index (χ4v) is 1.92. The standard InChI is InChI=1S/C14H19NO5/c1-4-19-12(17)7-6-10-9(3)11(8-16)15-13(10)14(18)20-5-2/h8,15H,4-7H2,1-3H3. The number of esters is 2. The van der Waals surface area contributed by atoms with Crippen LogP contribution in [0.3, 0.4) is 0 Å². The van der Waals surface area contributed by atoms with Crippen LogP contribution in [0.1, 0.15) is 52.4 Å². The SMILES string of the molecule is CCOC(=O)CCc1c(C(=O)OCC)[nH]c(C=O)c1C. The summed E-state index contributed by atoms with van der Waals surface area (Å²) in [6, 6.07) is 0. The van der Waals surface area contributed by atoms with E-state index in [1.165, 1.54) is 0 Å². The molecule has 0 radical (unpaired) electrons. The average Bonchev–Trinajstić information content (AvgIpc) is 2.73. The highest BCUT2D eigenvalue weighted by molar-refractivity contribution is 5.92. The van der Waals surface area contributed by atoms with Gasteiger partial charge in [0.2, 0.25) is 0 Å². The van der Waals surface area contributed by atoms with E-state index in [1.807, 2.05) is 0 Å². The minimum atomic E-state index is -0.525. The molecule has 0 amide bonds. The smallest absolute Gasteiger partial charge is 0.355 e. The molecule has 20 heavy (non-hydrogen) atoms. The Morgan fingerprint density at radius 3 is 2.40 bits per heavy atom. The Kier molecular flexibility index (Phi) is 5.96. The third-order valence-electron chi connectivity index (χ3n) is 2.90. The number of H-pyrrole nitrogens is 1. The summed E-state index contributed by atoms with van der Waals surface area (Å²) in [5, 5.41) is 0. The van der Waals surface area contributed by atoms with Crippen LogP contribution in [0, 0.1) is 6.92 Å². The lowest BCUT2D eigenvalue weighted by atomic mass is 10.0. The van der Waals surface area contributed by atoms with Crippen molar-refractivity contribution in [1.82, 2.24) is 4.98 Å². The molecule has 0 spiro atoms. The molecule has 6 heteroatoms. The van der Waals surface area contributed by atoms with Gasteiger partial charge in [0.05, 0.1) is 18.9 Å². The predicted octanol–water partition coefficient (Wildman–Crippen LogP) is 1.81. The van der Waals surface area contributed by atoms with Crippen molar-refractivity contribution >= 4 is 18.2 Å². The Morgan fingerprint density at radius 2 is 1.85 bits per heavy atom. The maximum Gasteiger partial charge on any atom is 0.355 e. The predicted molar refractivity (Wildman–Crippen MR) is 71.8 cm³/mol. The van der Waals surface area contributed by atoms with E-state index in [-0.39, 0.29) is 24.7 Å². The number of aldehydes is 1. The van der Waals surface area contributed by atoms with Crippen LogP contribution in [0.2, 0.25) is 0 Å². The van der Waals surface area contributed by atoms with Gasteiger partial charge in [-0.2, -0.15) is 0 Å². The van der Waals surface area contributed by atoms with Gasteiger partial charge >= 0.3 is 11.9 Å². The molecule has 1 heterocycles. The zero-order valence-electron chi connectivity index (χ0n) is 11.9. The van der Waals surface area contributed by atoms with Crippen LogP contribution in [-0.4, -0.2) is 36.4 Å². The third kappa shape index (κ3) is 3.69. The Labute approximate surface area is 117 Å². The zero-order valence-corrected chi connectivity index (χ0v) is 11.9. The molecule has 1 rings (SSSR count). The van der Waals surface area contributed by atoms with E-state index in [9.17, 15) is 14.4 Å². The van der Waals surface area contributed by atoms with Crippen LogP contribution in [0.25, 0.3) is 0 Å². The van der Waals surface area contributed by atoms with Crippen molar-refractivity contribution < 1.29 is 23.9 Å². The number of hydrogen-bond donors (Lipinski definition) is 1. The summed E-state index contributed by atoms with van der Waals surface area (Å²) in [4.78, 5) is 36.9. The summed E-state index contributed by atoms with van der Waals surface area (Å²) >= 11 is 0. The van der Waals surface area contributed by atoms with Gasteiger partial charge in [-0.15, -0.1) is 0 Å². The maximum absolute atomic E-state index is 11.8. The van der Waals surface area contributed by atoms with Crippen LogP contribution in [0.4, 0.5) is 0 Å². The van der Waals surface area contributed by atoms with Gasteiger partial charge in [-0.05, 0) is 38.3 Å². The molecular weight excluding hydrogens is 262 g/mol. The number of aromatic nitrogens is 1. The molecule has 0 aliphatic heterocycles. The van der Waals surface area contributed by atoms with Gasteiger partial charge in [0.15, 0.2) is 6.29 Å². The van der Waals surface area contributed by atoms with Gasteiger partial charge in [0, 0.05) is 6.42 Å². The maximum atomic E-state index is 11.8. The summed E-state index contributed by atoms with van der Waals surface area (Å²) < 4.78 is 9.78. The van der Waals surface area contributed by atoms with Crippen molar-refractivity contribution in [2.45, 2.75) is 33.6 Å². The molecule has 0 aliphatic carbocycles. The van der Waals surface area contributed by atoms with Gasteiger partial charge in [0.25, 0.3) is 0 Å². The molecule has 0 saturated heterocycles. The summed E-state index contributed by atoms with van der Waals surface area (Å²) in [6.07, 6.45) is 1.12. The number of rotatable bonds is 7. The van der Waals surface area contributed by atoms with Crippen LogP contribution < -0.4 is 0 Å². The van der Waals surface area contributed by atoms with E-state index >= 15 is 0 Å². The number of carbonyl (C=O) groups is 3. The van der Waals surface area contributed by atoms with Gasteiger partial charge < -0.3 is 14.5 Å². The van der Waals surface area contributed by atoms with E-state index in [0.717, 1.165) is 0 Å². The van der Waals surface area contributed by atoms with Crippen molar-refractivity contribution in [2.75, 3.05) is 13.2 Å². The number of nitrogens with one attached hydrogen (secondary N) is 1. The quantitative estimate of drug-likeness (QED) is 0.608. The second kappa shape index (κ2) is 7.47. The molecular formula is C14H19NO5. The van der Waals surface area contributed by atoms with E-state index in [0.29, 0.717) is 36.1 Å². The molecule has 6 nitrogen and oxygen atoms in total. The Bertz CT molecular complexity index is 504. The van der Waals surface area contributed by atoms with E-state index < -0.39 is 5.97 Å². The highest BCUT2D eigenvalue weighted by atomic mass is 16.5. The fraction of sp³-hybridized carbons (Fsp3) is 0.500. The highest BCUT2D eigenvalue weighted by Gasteiger charge is 2.21. The molecule has 0 fully saturated rings. The summed E-state index contributed by atoms with van der Waals surface area (Å²) in [5.41, 5.74) is 1.84. The molecule has 0 saturated carbocycles. The lowest BCUT2D eigenvalue weighted by Crippen LogP contribution is -2.10. The Hall–Kier alpha value is -2.11. The first-order chi connectivity index (χ1) is 9.54. The molecule has 0 bridgehead atoms. The number of ether oxygens (including phenoxy) is 2. The molecule has 1 aromatic heterocycles. The van der Waals surface area contributed by atoms with Crippen molar-refractivity contribution in [3.05, 3.63) is 22.5 Å². The summed E-state index contributed by atoms with van der Waals surface area (Å²) in [5.74, 6) is -0.863. The summed E-state index contributed by atoms with van der Waals surface area (Å²) in [7, 11) is 0. The zero-order chi connectivity index (χ0) is 15.1. The minimum Gasteiger partial charge on any atom is -0.466 e. The Balaban J connectivity index is 2.97.